The van der Waals surface area contributed by atoms with Crippen molar-refractivity contribution in [3.8, 4) is 23.0 Å². The number of ether oxygens (including phenoxy) is 4. The first-order valence-electron chi connectivity index (χ1n) is 8.70. The molecule has 2 aromatic rings. The lowest BCUT2D eigenvalue weighted by Gasteiger charge is -2.32. The summed E-state index contributed by atoms with van der Waals surface area (Å²) in [6.07, 6.45) is 1.11. The highest BCUT2D eigenvalue weighted by atomic mass is 16.7. The highest BCUT2D eigenvalue weighted by molar-refractivity contribution is 5.46. The first-order chi connectivity index (χ1) is 12.3. The molecule has 4 rings (SSSR count). The van der Waals surface area contributed by atoms with Gasteiger partial charge >= 0.3 is 0 Å². The van der Waals surface area contributed by atoms with Crippen molar-refractivity contribution in [2.75, 3.05) is 33.6 Å². The van der Waals surface area contributed by atoms with Crippen LogP contribution in [0.4, 0.5) is 0 Å². The van der Waals surface area contributed by atoms with E-state index in [0.29, 0.717) is 18.4 Å². The maximum Gasteiger partial charge on any atom is 0.231 e. The third-order valence-corrected chi connectivity index (χ3v) is 4.96. The summed E-state index contributed by atoms with van der Waals surface area (Å²) in [5, 5.41) is 3.49. The van der Waals surface area contributed by atoms with Crippen molar-refractivity contribution < 1.29 is 18.9 Å². The van der Waals surface area contributed by atoms with E-state index in [-0.39, 0.29) is 6.79 Å². The Morgan fingerprint density at radius 1 is 1.04 bits per heavy atom. The van der Waals surface area contributed by atoms with Gasteiger partial charge < -0.3 is 24.3 Å². The van der Waals surface area contributed by atoms with Crippen LogP contribution in [0.2, 0.25) is 0 Å². The van der Waals surface area contributed by atoms with Crippen LogP contribution in [0.25, 0.3) is 0 Å². The molecule has 2 aliphatic rings. The molecule has 0 bridgehead atoms. The standard InChI is InChI=1S/C20H23NO4/c1-22-16-4-2-14(3-5-16)18-8-9-21-11-15(18)12-23-17-6-7-19-20(10-17)25-13-24-19/h2-7,10,15,18,21H,8-9,11-13H2,1H3/t15-,18+/m1/s1. The van der Waals surface area contributed by atoms with Crippen molar-refractivity contribution in [2.45, 2.75) is 12.3 Å². The van der Waals surface area contributed by atoms with Crippen LogP contribution in [0.5, 0.6) is 23.0 Å². The minimum Gasteiger partial charge on any atom is -0.497 e. The van der Waals surface area contributed by atoms with Gasteiger partial charge in [0.25, 0.3) is 0 Å². The molecule has 2 heterocycles. The van der Waals surface area contributed by atoms with Crippen molar-refractivity contribution in [1.82, 2.24) is 5.32 Å². The van der Waals surface area contributed by atoms with Gasteiger partial charge in [0.05, 0.1) is 13.7 Å². The minimum atomic E-state index is 0.283. The third-order valence-electron chi connectivity index (χ3n) is 4.96. The normalized spacial score (nSPS) is 21.8. The van der Waals surface area contributed by atoms with Crippen LogP contribution in [0.3, 0.4) is 0 Å². The number of hydrogen-bond donors (Lipinski definition) is 1. The van der Waals surface area contributed by atoms with Gasteiger partial charge in [-0.3, -0.25) is 0 Å². The Balaban J connectivity index is 1.43. The summed E-state index contributed by atoms with van der Waals surface area (Å²) in [5.74, 6) is 4.16. The van der Waals surface area contributed by atoms with Crippen LogP contribution < -0.4 is 24.3 Å². The van der Waals surface area contributed by atoms with Crippen molar-refractivity contribution in [3.63, 3.8) is 0 Å². The number of benzene rings is 2. The number of fused-ring (bicyclic) bond motifs is 1. The summed E-state index contributed by atoms with van der Waals surface area (Å²) in [7, 11) is 1.70. The molecule has 0 unspecified atom stereocenters. The molecule has 5 nitrogen and oxygen atoms in total. The van der Waals surface area contributed by atoms with Crippen LogP contribution in [-0.4, -0.2) is 33.6 Å². The molecule has 2 aromatic carbocycles. The van der Waals surface area contributed by atoms with E-state index in [4.69, 9.17) is 18.9 Å². The van der Waals surface area contributed by atoms with Crippen molar-refractivity contribution in [2.24, 2.45) is 5.92 Å². The summed E-state index contributed by atoms with van der Waals surface area (Å²) in [5.41, 5.74) is 1.35. The Kier molecular flexibility index (Phi) is 4.65. The van der Waals surface area contributed by atoms with Gasteiger partial charge in [-0.1, -0.05) is 12.1 Å². The number of rotatable bonds is 5. The van der Waals surface area contributed by atoms with Crippen LogP contribution in [0, 0.1) is 5.92 Å². The van der Waals surface area contributed by atoms with Gasteiger partial charge in [0.2, 0.25) is 6.79 Å². The van der Waals surface area contributed by atoms with Gasteiger partial charge in [-0.15, -0.1) is 0 Å². The number of hydrogen-bond acceptors (Lipinski definition) is 5. The molecule has 1 N–H and O–H groups in total. The minimum absolute atomic E-state index is 0.283. The molecule has 132 valence electrons. The summed E-state index contributed by atoms with van der Waals surface area (Å²) >= 11 is 0. The van der Waals surface area contributed by atoms with Gasteiger partial charge in [-0.25, -0.2) is 0 Å². The lowest BCUT2D eigenvalue weighted by atomic mass is 9.81. The SMILES string of the molecule is COc1ccc([C@@H]2CCNC[C@@H]2COc2ccc3c(c2)OCO3)cc1. The second-order valence-corrected chi connectivity index (χ2v) is 6.46. The Morgan fingerprint density at radius 2 is 1.84 bits per heavy atom. The molecule has 0 aromatic heterocycles. The molecule has 0 aliphatic carbocycles. The Morgan fingerprint density at radius 3 is 2.68 bits per heavy atom. The second-order valence-electron chi connectivity index (χ2n) is 6.46. The van der Waals surface area contributed by atoms with Crippen LogP contribution in [0.15, 0.2) is 42.5 Å². The molecular formula is C20H23NO4. The van der Waals surface area contributed by atoms with Crippen LogP contribution >= 0.6 is 0 Å². The molecule has 0 saturated carbocycles. The van der Waals surface area contributed by atoms with E-state index in [1.807, 2.05) is 30.3 Å². The maximum atomic E-state index is 6.07. The summed E-state index contributed by atoms with van der Waals surface area (Å²) < 4.78 is 22.1. The zero-order valence-electron chi connectivity index (χ0n) is 14.4. The van der Waals surface area contributed by atoms with Crippen LogP contribution in [-0.2, 0) is 0 Å². The van der Waals surface area contributed by atoms with E-state index in [9.17, 15) is 0 Å². The average molecular weight is 341 g/mol. The predicted molar refractivity (Wildman–Crippen MR) is 94.8 cm³/mol. The molecule has 2 aliphatic heterocycles. The van der Waals surface area contributed by atoms with E-state index >= 15 is 0 Å². The van der Waals surface area contributed by atoms with Gasteiger partial charge in [0, 0.05) is 18.5 Å². The van der Waals surface area contributed by atoms with E-state index in [0.717, 1.165) is 42.5 Å². The van der Waals surface area contributed by atoms with Gasteiger partial charge in [-0.05, 0) is 48.7 Å². The molecule has 2 atom stereocenters. The quantitative estimate of drug-likeness (QED) is 0.905. The topological polar surface area (TPSA) is 49.0 Å². The largest absolute Gasteiger partial charge is 0.497 e. The summed E-state index contributed by atoms with van der Waals surface area (Å²) in [6.45, 7) is 2.95. The highest BCUT2D eigenvalue weighted by Crippen LogP contribution is 2.36. The van der Waals surface area contributed by atoms with Crippen molar-refractivity contribution >= 4 is 0 Å². The lowest BCUT2D eigenvalue weighted by molar-refractivity contribution is 0.173. The maximum absolute atomic E-state index is 6.07. The molecular weight excluding hydrogens is 318 g/mol. The molecule has 5 heteroatoms. The fourth-order valence-corrected chi connectivity index (χ4v) is 3.56. The molecule has 0 radical (unpaired) electrons. The third kappa shape index (κ3) is 3.51. The van der Waals surface area contributed by atoms with E-state index in [2.05, 4.69) is 17.4 Å². The van der Waals surface area contributed by atoms with Gasteiger partial charge in [0.1, 0.15) is 11.5 Å². The molecule has 0 amide bonds. The molecule has 1 saturated heterocycles. The average Bonchev–Trinajstić information content (AvgIpc) is 3.14. The fraction of sp³-hybridized carbons (Fsp3) is 0.400. The molecule has 0 spiro atoms. The first kappa shape index (κ1) is 16.1. The fourth-order valence-electron chi connectivity index (χ4n) is 3.56. The van der Waals surface area contributed by atoms with Gasteiger partial charge in [-0.2, -0.15) is 0 Å². The second kappa shape index (κ2) is 7.23. The summed E-state index contributed by atoms with van der Waals surface area (Å²) in [6, 6.07) is 14.1. The smallest absolute Gasteiger partial charge is 0.231 e. The summed E-state index contributed by atoms with van der Waals surface area (Å²) in [4.78, 5) is 0. The first-order valence-corrected chi connectivity index (χ1v) is 8.70. The zero-order chi connectivity index (χ0) is 17.1. The van der Waals surface area contributed by atoms with Crippen molar-refractivity contribution in [1.29, 1.82) is 0 Å². The van der Waals surface area contributed by atoms with E-state index in [1.54, 1.807) is 7.11 Å². The molecule has 1 fully saturated rings. The number of methoxy groups -OCH3 is 1. The van der Waals surface area contributed by atoms with Crippen LogP contribution in [0.1, 0.15) is 17.9 Å². The monoisotopic (exact) mass is 341 g/mol. The van der Waals surface area contributed by atoms with Gasteiger partial charge in [0.15, 0.2) is 11.5 Å². The molecule has 25 heavy (non-hydrogen) atoms. The lowest BCUT2D eigenvalue weighted by Crippen LogP contribution is -2.38. The number of nitrogens with one attached hydrogen (secondary N) is 1. The number of piperidine rings is 1. The Labute approximate surface area is 147 Å². The van der Waals surface area contributed by atoms with E-state index in [1.165, 1.54) is 5.56 Å². The predicted octanol–water partition coefficient (Wildman–Crippen LogP) is 3.20. The zero-order valence-corrected chi connectivity index (χ0v) is 14.4. The Hall–Kier alpha value is -2.40. The highest BCUT2D eigenvalue weighted by Gasteiger charge is 2.27. The van der Waals surface area contributed by atoms with E-state index < -0.39 is 0 Å². The Bertz CT molecular complexity index is 716. The van der Waals surface area contributed by atoms with Crippen molar-refractivity contribution in [3.05, 3.63) is 48.0 Å².